The molecule has 0 radical (unpaired) electrons. The van der Waals surface area contributed by atoms with Crippen LogP contribution in [0.15, 0.2) is 5.29 Å². The minimum absolute atomic E-state index is 0.00460. The molecule has 14 heavy (non-hydrogen) atoms. The number of amides is 3. The number of carbonyl (C=O) groups is 2. The maximum Gasteiger partial charge on any atom is 0.340 e. The van der Waals surface area contributed by atoms with Gasteiger partial charge in [-0.25, -0.2) is 4.79 Å². The second-order valence-electron chi connectivity index (χ2n) is 2.23. The molecular formula is C6H11ClN4O3. The molecule has 0 aliphatic heterocycles. The Morgan fingerprint density at radius 2 is 2.14 bits per heavy atom. The van der Waals surface area contributed by atoms with Gasteiger partial charge in [-0.1, -0.05) is 0 Å². The van der Waals surface area contributed by atoms with E-state index in [4.69, 9.17) is 11.6 Å². The van der Waals surface area contributed by atoms with Crippen molar-refractivity contribution in [2.75, 3.05) is 26.0 Å². The molecule has 0 aromatic carbocycles. The molecular weight excluding hydrogens is 212 g/mol. The van der Waals surface area contributed by atoms with Crippen molar-refractivity contribution in [2.24, 2.45) is 5.29 Å². The Morgan fingerprint density at radius 1 is 1.50 bits per heavy atom. The third kappa shape index (κ3) is 4.61. The van der Waals surface area contributed by atoms with E-state index in [1.54, 1.807) is 0 Å². The highest BCUT2D eigenvalue weighted by atomic mass is 35.5. The molecule has 8 heteroatoms. The minimum Gasteiger partial charge on any atom is -0.358 e. The van der Waals surface area contributed by atoms with Crippen molar-refractivity contribution >= 4 is 23.5 Å². The number of carbonyl (C=O) groups excluding carboxylic acids is 2. The Hall–Kier alpha value is -1.37. The molecule has 0 unspecified atom stereocenters. The average molecular weight is 223 g/mol. The monoisotopic (exact) mass is 222 g/mol. The Balaban J connectivity index is 3.92. The summed E-state index contributed by atoms with van der Waals surface area (Å²) < 4.78 is 0. The highest BCUT2D eigenvalue weighted by Gasteiger charge is 2.13. The van der Waals surface area contributed by atoms with Crippen molar-refractivity contribution in [3.63, 3.8) is 0 Å². The molecule has 0 rings (SSSR count). The normalized spacial score (nSPS) is 9.00. The van der Waals surface area contributed by atoms with E-state index in [9.17, 15) is 14.5 Å². The molecule has 0 bridgehead atoms. The van der Waals surface area contributed by atoms with Gasteiger partial charge < -0.3 is 10.6 Å². The summed E-state index contributed by atoms with van der Waals surface area (Å²) in [5, 5.41) is 7.54. The highest BCUT2D eigenvalue weighted by molar-refractivity contribution is 6.18. The van der Waals surface area contributed by atoms with Gasteiger partial charge in [0.25, 0.3) is 0 Å². The second kappa shape index (κ2) is 7.07. The van der Waals surface area contributed by atoms with E-state index in [1.807, 2.05) is 0 Å². The Labute approximate surface area is 85.7 Å². The maximum absolute atomic E-state index is 11.1. The number of halogens is 1. The molecule has 0 aromatic rings. The predicted molar refractivity (Wildman–Crippen MR) is 50.7 cm³/mol. The SMILES string of the molecule is CNC(=O)CNC(=O)N(CCCl)N=O. The van der Waals surface area contributed by atoms with Crippen molar-refractivity contribution in [3.05, 3.63) is 4.91 Å². The number of nitroso groups, excluding NO2 is 1. The van der Waals surface area contributed by atoms with E-state index in [1.165, 1.54) is 7.05 Å². The summed E-state index contributed by atoms with van der Waals surface area (Å²) in [6.07, 6.45) is 0. The van der Waals surface area contributed by atoms with Gasteiger partial charge in [0, 0.05) is 12.9 Å². The molecule has 0 saturated heterocycles. The molecule has 0 aliphatic rings. The number of nitrogens with zero attached hydrogens (tertiary/aromatic N) is 2. The number of hydrogen-bond acceptors (Lipinski definition) is 4. The number of hydrogen-bond donors (Lipinski definition) is 2. The summed E-state index contributed by atoms with van der Waals surface area (Å²) in [4.78, 5) is 31.9. The van der Waals surface area contributed by atoms with Gasteiger partial charge in [-0.3, -0.25) is 4.79 Å². The summed E-state index contributed by atoms with van der Waals surface area (Å²) in [5.74, 6) is -0.269. The first-order valence-electron chi connectivity index (χ1n) is 3.81. The molecule has 0 aliphatic carbocycles. The molecule has 0 spiro atoms. The van der Waals surface area contributed by atoms with E-state index in [0.717, 1.165) is 0 Å². The van der Waals surface area contributed by atoms with Gasteiger partial charge in [-0.2, -0.15) is 5.01 Å². The number of nitrogens with one attached hydrogen (secondary N) is 2. The number of urea groups is 1. The zero-order valence-corrected chi connectivity index (χ0v) is 8.37. The van der Waals surface area contributed by atoms with Crippen LogP contribution in [0.1, 0.15) is 0 Å². The van der Waals surface area contributed by atoms with E-state index in [-0.39, 0.29) is 24.9 Å². The zero-order chi connectivity index (χ0) is 11.0. The summed E-state index contributed by atoms with van der Waals surface area (Å²) in [7, 11) is 1.43. The fourth-order valence-corrected chi connectivity index (χ4v) is 0.755. The van der Waals surface area contributed by atoms with Crippen LogP contribution >= 0.6 is 11.6 Å². The summed E-state index contributed by atoms with van der Waals surface area (Å²) in [6, 6.07) is -0.746. The molecule has 2 N–H and O–H groups in total. The largest absolute Gasteiger partial charge is 0.358 e. The topological polar surface area (TPSA) is 90.9 Å². The quantitative estimate of drug-likeness (QED) is 0.379. The lowest BCUT2D eigenvalue weighted by molar-refractivity contribution is -0.119. The van der Waals surface area contributed by atoms with Gasteiger partial charge in [0.15, 0.2) is 0 Å². The van der Waals surface area contributed by atoms with E-state index in [2.05, 4.69) is 15.9 Å². The molecule has 7 nitrogen and oxygen atoms in total. The van der Waals surface area contributed by atoms with E-state index in [0.29, 0.717) is 5.01 Å². The number of rotatable bonds is 5. The van der Waals surface area contributed by atoms with Crippen molar-refractivity contribution in [3.8, 4) is 0 Å². The van der Waals surface area contributed by atoms with Gasteiger partial charge in [0.2, 0.25) is 5.91 Å². The Morgan fingerprint density at radius 3 is 2.57 bits per heavy atom. The lowest BCUT2D eigenvalue weighted by Crippen LogP contribution is -2.42. The van der Waals surface area contributed by atoms with Crippen LogP contribution in [0.5, 0.6) is 0 Å². The van der Waals surface area contributed by atoms with Crippen LogP contribution in [0, 0.1) is 4.91 Å². The van der Waals surface area contributed by atoms with Crippen LogP contribution in [0.25, 0.3) is 0 Å². The smallest absolute Gasteiger partial charge is 0.340 e. The second-order valence-corrected chi connectivity index (χ2v) is 2.60. The third-order valence-electron chi connectivity index (χ3n) is 1.31. The minimum atomic E-state index is -0.746. The number of alkyl halides is 1. The molecule has 0 atom stereocenters. The van der Waals surface area contributed by atoms with Gasteiger partial charge in [0.1, 0.15) is 0 Å². The van der Waals surface area contributed by atoms with Crippen LogP contribution in [0.4, 0.5) is 4.79 Å². The lowest BCUT2D eigenvalue weighted by Gasteiger charge is -2.11. The van der Waals surface area contributed by atoms with Crippen LogP contribution in [0.2, 0.25) is 0 Å². The van der Waals surface area contributed by atoms with E-state index < -0.39 is 6.03 Å². The molecule has 0 fully saturated rings. The third-order valence-corrected chi connectivity index (χ3v) is 1.48. The van der Waals surface area contributed by atoms with Crippen molar-refractivity contribution < 1.29 is 9.59 Å². The zero-order valence-electron chi connectivity index (χ0n) is 7.62. The Kier molecular flexibility index (Phi) is 6.38. The average Bonchev–Trinajstić information content (AvgIpc) is 2.21. The van der Waals surface area contributed by atoms with Crippen LogP contribution < -0.4 is 10.6 Å². The van der Waals surface area contributed by atoms with Crippen molar-refractivity contribution in [2.45, 2.75) is 0 Å². The fourth-order valence-electron chi connectivity index (χ4n) is 0.595. The van der Waals surface area contributed by atoms with Crippen LogP contribution in [-0.4, -0.2) is 43.0 Å². The lowest BCUT2D eigenvalue weighted by atomic mass is 10.6. The molecule has 3 amide bonds. The van der Waals surface area contributed by atoms with Gasteiger partial charge in [0.05, 0.1) is 18.4 Å². The number of likely N-dealkylation sites (N-methyl/N-ethyl adjacent to an activating group) is 1. The Bertz CT molecular complexity index is 223. The maximum atomic E-state index is 11.1. The molecule has 0 aromatic heterocycles. The van der Waals surface area contributed by atoms with E-state index >= 15 is 0 Å². The first-order valence-corrected chi connectivity index (χ1v) is 4.34. The summed E-state index contributed by atoms with van der Waals surface area (Å²) in [6.45, 7) is -0.200. The van der Waals surface area contributed by atoms with Crippen molar-refractivity contribution in [1.82, 2.24) is 15.6 Å². The van der Waals surface area contributed by atoms with Crippen molar-refractivity contribution in [1.29, 1.82) is 0 Å². The summed E-state index contributed by atoms with van der Waals surface area (Å²) >= 11 is 5.31. The van der Waals surface area contributed by atoms with Gasteiger partial charge in [-0.05, 0) is 0 Å². The fraction of sp³-hybridized carbons (Fsp3) is 0.667. The van der Waals surface area contributed by atoms with Gasteiger partial charge >= 0.3 is 6.03 Å². The molecule has 0 saturated carbocycles. The molecule has 80 valence electrons. The van der Waals surface area contributed by atoms with Crippen LogP contribution in [-0.2, 0) is 4.79 Å². The van der Waals surface area contributed by atoms with Gasteiger partial charge in [-0.15, -0.1) is 16.5 Å². The highest BCUT2D eigenvalue weighted by Crippen LogP contribution is 1.91. The first kappa shape index (κ1) is 12.6. The predicted octanol–water partition coefficient (Wildman–Crippen LogP) is -0.336. The summed E-state index contributed by atoms with van der Waals surface area (Å²) in [5.41, 5.74) is 0. The first-order chi connectivity index (χ1) is 6.65. The molecule has 0 heterocycles. The van der Waals surface area contributed by atoms with Crippen LogP contribution in [0.3, 0.4) is 0 Å². The standard InChI is InChI=1S/C6H11ClN4O3/c1-8-5(12)4-9-6(13)11(10-14)3-2-7/h2-4H2,1H3,(H,8,12)(H,9,13).